The molecule has 3 atom stereocenters. The van der Waals surface area contributed by atoms with Crippen LogP contribution in [0.25, 0.3) is 0 Å². The molecule has 0 amide bonds. The minimum absolute atomic E-state index is 0.151. The molecule has 2 saturated carbocycles. The highest BCUT2D eigenvalue weighted by Gasteiger charge is 2.59. The predicted molar refractivity (Wildman–Crippen MR) is 77.8 cm³/mol. The van der Waals surface area contributed by atoms with Gasteiger partial charge in [0.05, 0.1) is 0 Å². The highest BCUT2D eigenvalue weighted by atomic mass is 19.1. The first-order valence-corrected chi connectivity index (χ1v) is 7.36. The van der Waals surface area contributed by atoms with E-state index in [4.69, 9.17) is 0 Å². The van der Waals surface area contributed by atoms with Crippen molar-refractivity contribution in [1.29, 1.82) is 0 Å². The number of hydrogen-bond donors (Lipinski definition) is 1. The number of fused-ring (bicyclic) bond motifs is 2. The summed E-state index contributed by atoms with van der Waals surface area (Å²) in [5.74, 6) is 0.678. The van der Waals surface area contributed by atoms with Crippen LogP contribution in [-0.2, 0) is 0 Å². The molecule has 0 heterocycles. The van der Waals surface area contributed by atoms with Gasteiger partial charge in [-0.25, -0.2) is 4.39 Å². The zero-order chi connectivity index (χ0) is 13.8. The molecule has 3 unspecified atom stereocenters. The van der Waals surface area contributed by atoms with E-state index in [9.17, 15) is 4.39 Å². The van der Waals surface area contributed by atoms with E-state index in [-0.39, 0.29) is 5.82 Å². The van der Waals surface area contributed by atoms with Gasteiger partial charge in [0.15, 0.2) is 0 Å². The van der Waals surface area contributed by atoms with Crippen molar-refractivity contribution in [2.24, 2.45) is 16.7 Å². The van der Waals surface area contributed by atoms with Crippen molar-refractivity contribution >= 4 is 5.69 Å². The van der Waals surface area contributed by atoms with Gasteiger partial charge in [0.1, 0.15) is 5.82 Å². The van der Waals surface area contributed by atoms with Gasteiger partial charge in [-0.2, -0.15) is 0 Å². The van der Waals surface area contributed by atoms with Crippen molar-refractivity contribution in [3.63, 3.8) is 0 Å². The number of aryl methyl sites for hydroxylation is 1. The first kappa shape index (κ1) is 13.0. The summed E-state index contributed by atoms with van der Waals surface area (Å²) in [4.78, 5) is 0. The van der Waals surface area contributed by atoms with E-state index >= 15 is 0 Å². The maximum atomic E-state index is 13.2. The standard InChI is InChI=1S/C17H24FN/c1-11-9-13(18)5-6-14(11)19-15-16(2,3)12-7-8-17(15,4)10-12/h5-6,9,12,15,19H,7-8,10H2,1-4H3. The Morgan fingerprint density at radius 3 is 2.58 bits per heavy atom. The van der Waals surface area contributed by atoms with Crippen LogP contribution in [-0.4, -0.2) is 6.04 Å². The Bertz CT molecular complexity index is 503. The van der Waals surface area contributed by atoms with Gasteiger partial charge in [-0.3, -0.25) is 0 Å². The number of halogens is 1. The molecule has 104 valence electrons. The highest BCUT2D eigenvalue weighted by Crippen LogP contribution is 2.63. The highest BCUT2D eigenvalue weighted by molar-refractivity contribution is 5.52. The molecular formula is C17H24FN. The summed E-state index contributed by atoms with van der Waals surface area (Å²) in [5.41, 5.74) is 2.82. The summed E-state index contributed by atoms with van der Waals surface area (Å²) in [6.07, 6.45) is 4.01. The zero-order valence-corrected chi connectivity index (χ0v) is 12.4. The topological polar surface area (TPSA) is 12.0 Å². The number of anilines is 1. The number of benzene rings is 1. The number of nitrogens with one attached hydrogen (secondary N) is 1. The minimum atomic E-state index is -0.151. The minimum Gasteiger partial charge on any atom is -0.381 e. The Labute approximate surface area is 115 Å². The summed E-state index contributed by atoms with van der Waals surface area (Å²) < 4.78 is 13.2. The van der Waals surface area contributed by atoms with Crippen LogP contribution in [0.3, 0.4) is 0 Å². The smallest absolute Gasteiger partial charge is 0.123 e. The van der Waals surface area contributed by atoms with Gasteiger partial charge in [0.2, 0.25) is 0 Å². The molecule has 1 aromatic carbocycles. The molecule has 2 bridgehead atoms. The quantitative estimate of drug-likeness (QED) is 0.809. The lowest BCUT2D eigenvalue weighted by Crippen LogP contribution is -2.45. The largest absolute Gasteiger partial charge is 0.381 e. The van der Waals surface area contributed by atoms with Gasteiger partial charge in [0.25, 0.3) is 0 Å². The summed E-state index contributed by atoms with van der Waals surface area (Å²) in [5, 5.41) is 3.73. The second kappa shape index (κ2) is 3.97. The molecule has 3 rings (SSSR count). The molecule has 1 aromatic rings. The predicted octanol–water partition coefficient (Wildman–Crippen LogP) is 4.76. The Balaban J connectivity index is 1.90. The van der Waals surface area contributed by atoms with Crippen molar-refractivity contribution in [2.45, 2.75) is 53.0 Å². The van der Waals surface area contributed by atoms with Crippen LogP contribution in [0, 0.1) is 29.5 Å². The lowest BCUT2D eigenvalue weighted by Gasteiger charge is -2.44. The SMILES string of the molecule is Cc1cc(F)ccc1NC1C2(C)CCC(C2)C1(C)C. The Morgan fingerprint density at radius 1 is 1.26 bits per heavy atom. The Kier molecular flexibility index (Phi) is 2.71. The van der Waals surface area contributed by atoms with E-state index in [1.54, 1.807) is 12.1 Å². The fraction of sp³-hybridized carbons (Fsp3) is 0.647. The van der Waals surface area contributed by atoms with E-state index in [2.05, 4.69) is 26.1 Å². The summed E-state index contributed by atoms with van der Waals surface area (Å²) >= 11 is 0. The Morgan fingerprint density at radius 2 is 2.00 bits per heavy atom. The third kappa shape index (κ3) is 1.87. The van der Waals surface area contributed by atoms with Crippen LogP contribution in [0.4, 0.5) is 10.1 Å². The van der Waals surface area contributed by atoms with Crippen LogP contribution in [0.15, 0.2) is 18.2 Å². The maximum absolute atomic E-state index is 13.2. The molecule has 0 aromatic heterocycles. The van der Waals surface area contributed by atoms with E-state index in [0.717, 1.165) is 17.2 Å². The molecule has 2 aliphatic carbocycles. The lowest BCUT2D eigenvalue weighted by atomic mass is 9.68. The molecule has 1 N–H and O–H groups in total. The van der Waals surface area contributed by atoms with Crippen LogP contribution in [0.5, 0.6) is 0 Å². The molecule has 1 nitrogen and oxygen atoms in total. The van der Waals surface area contributed by atoms with E-state index in [1.165, 1.54) is 19.3 Å². The van der Waals surface area contributed by atoms with Crippen molar-refractivity contribution in [3.05, 3.63) is 29.6 Å². The molecule has 0 spiro atoms. The van der Waals surface area contributed by atoms with Crippen LogP contribution in [0.1, 0.15) is 45.6 Å². The summed E-state index contributed by atoms with van der Waals surface area (Å²) in [6.45, 7) is 9.17. The monoisotopic (exact) mass is 261 g/mol. The van der Waals surface area contributed by atoms with Gasteiger partial charge in [0, 0.05) is 11.7 Å². The molecule has 2 fully saturated rings. The van der Waals surface area contributed by atoms with E-state index in [1.807, 2.05) is 13.0 Å². The number of hydrogen-bond acceptors (Lipinski definition) is 1. The molecule has 0 radical (unpaired) electrons. The second-order valence-corrected chi connectivity index (χ2v) is 7.45. The van der Waals surface area contributed by atoms with Gasteiger partial charge < -0.3 is 5.32 Å². The zero-order valence-electron chi connectivity index (χ0n) is 12.4. The van der Waals surface area contributed by atoms with Crippen molar-refractivity contribution in [1.82, 2.24) is 0 Å². The van der Waals surface area contributed by atoms with Crippen molar-refractivity contribution in [2.75, 3.05) is 5.32 Å². The Hall–Kier alpha value is -1.05. The molecule has 19 heavy (non-hydrogen) atoms. The fourth-order valence-corrected chi connectivity index (χ4v) is 4.61. The fourth-order valence-electron chi connectivity index (χ4n) is 4.61. The second-order valence-electron chi connectivity index (χ2n) is 7.45. The maximum Gasteiger partial charge on any atom is 0.123 e. The average molecular weight is 261 g/mol. The summed E-state index contributed by atoms with van der Waals surface area (Å²) in [6, 6.07) is 5.54. The third-order valence-electron chi connectivity index (χ3n) is 5.76. The van der Waals surface area contributed by atoms with Gasteiger partial charge in [-0.1, -0.05) is 20.8 Å². The normalized spacial score (nSPS) is 35.6. The average Bonchev–Trinajstić information content (AvgIpc) is 2.78. The van der Waals surface area contributed by atoms with Crippen LogP contribution in [0.2, 0.25) is 0 Å². The van der Waals surface area contributed by atoms with E-state index < -0.39 is 0 Å². The molecule has 2 aliphatic rings. The van der Waals surface area contributed by atoms with Gasteiger partial charge >= 0.3 is 0 Å². The molecule has 2 heteroatoms. The third-order valence-corrected chi connectivity index (χ3v) is 5.76. The number of rotatable bonds is 2. The van der Waals surface area contributed by atoms with Crippen LogP contribution >= 0.6 is 0 Å². The van der Waals surface area contributed by atoms with Crippen molar-refractivity contribution in [3.8, 4) is 0 Å². The first-order valence-electron chi connectivity index (χ1n) is 7.36. The molecular weight excluding hydrogens is 237 g/mol. The van der Waals surface area contributed by atoms with Gasteiger partial charge in [-0.05, 0) is 66.7 Å². The van der Waals surface area contributed by atoms with E-state index in [0.29, 0.717) is 16.9 Å². The van der Waals surface area contributed by atoms with Crippen LogP contribution < -0.4 is 5.32 Å². The molecule has 0 aliphatic heterocycles. The van der Waals surface area contributed by atoms with Crippen molar-refractivity contribution < 1.29 is 4.39 Å². The summed E-state index contributed by atoms with van der Waals surface area (Å²) in [7, 11) is 0. The molecule has 0 saturated heterocycles. The van der Waals surface area contributed by atoms with Gasteiger partial charge in [-0.15, -0.1) is 0 Å². The lowest BCUT2D eigenvalue weighted by molar-refractivity contribution is 0.155. The first-order chi connectivity index (χ1) is 8.83.